The van der Waals surface area contributed by atoms with Gasteiger partial charge in [0.05, 0.1) is 23.3 Å². The molecule has 0 saturated heterocycles. The van der Waals surface area contributed by atoms with Gasteiger partial charge in [0.2, 0.25) is 47.3 Å². The molecule has 8 amide bonds. The largest absolute Gasteiger partial charge is 0.510 e. The number of hydrogen-bond acceptors (Lipinski definition) is 12. The lowest BCUT2D eigenvalue weighted by Gasteiger charge is -2.42. The Hall–Kier alpha value is -6.99. The van der Waals surface area contributed by atoms with E-state index in [0.29, 0.717) is 103 Å². The second-order valence-corrected chi connectivity index (χ2v) is 36.4. The van der Waals surface area contributed by atoms with Crippen LogP contribution in [0.2, 0.25) is 0 Å². The maximum absolute atomic E-state index is 17.4. The van der Waals surface area contributed by atoms with Crippen LogP contribution in [0.15, 0.2) is 35.6 Å². The minimum atomic E-state index is -2.74. The molecule has 122 heavy (non-hydrogen) atoms. The molecule has 0 aliphatic carbocycles. The number of aliphatic hydroxyl groups excluding tert-OH is 1. The van der Waals surface area contributed by atoms with Crippen LogP contribution in [-0.4, -0.2) is 69.7 Å². The number of ketones is 3. The Morgan fingerprint density at radius 3 is 0.607 bits per heavy atom. The van der Waals surface area contributed by atoms with E-state index < -0.39 is 141 Å². The fourth-order valence-corrected chi connectivity index (χ4v) is 19.3. The number of carbonyl (C=O) groups excluding carboxylic acids is 11. The smallest absolute Gasteiger partial charge is 0.248 e. The molecule has 2 aromatic carbocycles. The van der Waals surface area contributed by atoms with Crippen molar-refractivity contribution in [2.75, 3.05) is 0 Å². The standard InChI is InChI=1S/C102H176N8O12/c1-9-17-25-33-41-49-57-65-77(91(103)115)87(111)99(95(107)119,73-61-53-45-37-29-21-13-5)81-69-70-83(101(97(109)121,75-63-55-47-39-31-23-15-7)89(113)79(93(105)117)67-59-51-43-35-27-19-11-3)86-84(102(98(110)122,76-64-56-48-40-32-24-16-8)90(114)80(94(106)118)68-60-52-44-36-28-20-12-4)72-71-82(85(81)86)100(96(108)120,74-62-54-46-38-30-22-14-6)88(112)78(92(104)116)66-58-50-42-34-26-18-10-2/h69-72,77-79,114H,9-68,73-76H2,1-8H3,(H2,103,115)(H2,104,116)(H2,105,117)(H2,106,118)(H2,107,119)(H2,108,120)(H2,109,121)(H2,110,122). The molecular weight excluding hydrogens is 1530 g/mol. The molecule has 0 saturated carbocycles. The number of unbranched alkanes of at least 4 members (excludes halogenated alkanes) is 48. The Bertz CT molecular complexity index is 3370. The van der Waals surface area contributed by atoms with Crippen LogP contribution in [0.1, 0.15) is 489 Å². The predicted octanol–water partition coefficient (Wildman–Crippen LogP) is 22.2. The lowest BCUT2D eigenvalue weighted by Crippen LogP contribution is -2.55. The van der Waals surface area contributed by atoms with Crippen molar-refractivity contribution in [1.82, 2.24) is 0 Å². The molecule has 0 heterocycles. The van der Waals surface area contributed by atoms with Crippen LogP contribution in [0.4, 0.5) is 0 Å². The predicted molar refractivity (Wildman–Crippen MR) is 500 cm³/mol. The van der Waals surface area contributed by atoms with E-state index in [-0.39, 0.29) is 84.6 Å². The third kappa shape index (κ3) is 34.4. The van der Waals surface area contributed by atoms with Crippen molar-refractivity contribution in [3.8, 4) is 0 Å². The van der Waals surface area contributed by atoms with E-state index in [0.717, 1.165) is 231 Å². The van der Waals surface area contributed by atoms with E-state index in [2.05, 4.69) is 55.4 Å². The topological polar surface area (TPSA) is 416 Å². The van der Waals surface area contributed by atoms with Crippen molar-refractivity contribution >= 4 is 75.4 Å². The normalized spacial score (nSPS) is 14.7. The van der Waals surface area contributed by atoms with Crippen molar-refractivity contribution in [2.45, 2.75) is 488 Å². The average molecular weight is 1710 g/mol. The SMILES string of the molecule is CCCCCCCCCC(C(N)=O)=C(O)C(CCCCCCCCC)(C(N)=O)c1ccc(C(CCCCCCCCC)(C(N)=O)C(=O)C(CCCCCCCCC)C(N)=O)c2c(C(CCCCCCCCC)(C(N)=O)C(=O)C(CCCCCCCCC)C(N)=O)ccc(C(CCCCCCCCC)(C(N)=O)C(=O)C(CCCCCCCCC)C(N)=O)c12. The van der Waals surface area contributed by atoms with E-state index in [1.165, 1.54) is 24.3 Å². The minimum Gasteiger partial charge on any atom is -0.510 e. The van der Waals surface area contributed by atoms with Gasteiger partial charge < -0.3 is 51.0 Å². The molecule has 20 nitrogen and oxygen atoms in total. The van der Waals surface area contributed by atoms with E-state index in [4.69, 9.17) is 45.9 Å². The maximum atomic E-state index is 17.4. The van der Waals surface area contributed by atoms with Crippen LogP contribution >= 0.6 is 0 Å². The molecule has 0 spiro atoms. The Morgan fingerprint density at radius 2 is 0.418 bits per heavy atom. The first kappa shape index (κ1) is 111. The number of amides is 8. The summed E-state index contributed by atoms with van der Waals surface area (Å²) in [5, 5.41) is 13.4. The van der Waals surface area contributed by atoms with Gasteiger partial charge in [-0.25, -0.2) is 0 Å². The van der Waals surface area contributed by atoms with Gasteiger partial charge in [0, 0.05) is 0 Å². The highest BCUT2D eigenvalue weighted by molar-refractivity contribution is 6.25. The van der Waals surface area contributed by atoms with E-state index >= 15 is 33.6 Å². The van der Waals surface area contributed by atoms with Crippen LogP contribution in [-0.2, 0) is 74.4 Å². The first-order valence-electron chi connectivity index (χ1n) is 49.7. The molecule has 20 heteroatoms. The second-order valence-electron chi connectivity index (χ2n) is 36.4. The number of nitrogens with two attached hydrogens (primary N) is 8. The zero-order chi connectivity index (χ0) is 90.8. The molecule has 0 radical (unpaired) electrons. The van der Waals surface area contributed by atoms with Gasteiger partial charge in [0.1, 0.15) is 27.4 Å². The highest BCUT2D eigenvalue weighted by Gasteiger charge is 2.58. The van der Waals surface area contributed by atoms with Gasteiger partial charge in [0.25, 0.3) is 0 Å². The number of Topliss-reactive ketones (excluding diaryl/α,β-unsaturated/α-hetero) is 3. The maximum Gasteiger partial charge on any atom is 0.248 e. The van der Waals surface area contributed by atoms with Crippen LogP contribution in [0.5, 0.6) is 0 Å². The first-order valence-corrected chi connectivity index (χ1v) is 49.7. The summed E-state index contributed by atoms with van der Waals surface area (Å²) in [7, 11) is 0. The van der Waals surface area contributed by atoms with Gasteiger partial charge in [-0.3, -0.25) is 52.7 Å². The Kier molecular flexibility index (Phi) is 58.1. The summed E-state index contributed by atoms with van der Waals surface area (Å²) in [5.74, 6) is -18.4. The van der Waals surface area contributed by atoms with Gasteiger partial charge in [-0.05, 0) is 90.8 Å². The van der Waals surface area contributed by atoms with Gasteiger partial charge >= 0.3 is 0 Å². The summed E-state index contributed by atoms with van der Waals surface area (Å²) in [6.07, 6.45) is 38.8. The highest BCUT2D eigenvalue weighted by atomic mass is 16.3. The Balaban J connectivity index is 4.41. The van der Waals surface area contributed by atoms with Gasteiger partial charge in [-0.15, -0.1) is 0 Å². The molecule has 0 fully saturated rings. The second kappa shape index (κ2) is 63.9. The minimum absolute atomic E-state index is 0.0938. The summed E-state index contributed by atoms with van der Waals surface area (Å²) in [5.41, 5.74) is 42.5. The molecule has 2 rings (SSSR count). The third-order valence-electron chi connectivity index (χ3n) is 26.9. The summed E-state index contributed by atoms with van der Waals surface area (Å²) < 4.78 is 0. The number of benzene rings is 2. The molecule has 696 valence electrons. The van der Waals surface area contributed by atoms with E-state index in [9.17, 15) is 24.3 Å². The Morgan fingerprint density at radius 1 is 0.246 bits per heavy atom. The van der Waals surface area contributed by atoms with Crippen LogP contribution in [0, 0.1) is 17.8 Å². The van der Waals surface area contributed by atoms with Crippen LogP contribution in [0.25, 0.3) is 10.8 Å². The molecule has 0 aromatic heterocycles. The number of aliphatic hydroxyl groups is 1. The molecule has 0 bridgehead atoms. The number of hydrogen-bond donors (Lipinski definition) is 9. The molecule has 2 aromatic rings. The summed E-state index contributed by atoms with van der Waals surface area (Å²) in [4.78, 5) is 177. The molecule has 0 aliphatic heterocycles. The van der Waals surface area contributed by atoms with Crippen molar-refractivity contribution in [2.24, 2.45) is 63.6 Å². The number of fused-ring (bicyclic) bond motifs is 1. The van der Waals surface area contributed by atoms with Crippen molar-refractivity contribution in [3.05, 3.63) is 57.9 Å². The third-order valence-corrected chi connectivity index (χ3v) is 26.9. The van der Waals surface area contributed by atoms with Gasteiger partial charge in [-0.1, -0.05) is 433 Å². The molecule has 7 unspecified atom stereocenters. The summed E-state index contributed by atoms with van der Waals surface area (Å²) in [6, 6.07) is 5.50. The summed E-state index contributed by atoms with van der Waals surface area (Å²) in [6.45, 7) is 16.9. The van der Waals surface area contributed by atoms with E-state index in [1.807, 2.05) is 0 Å². The fourth-order valence-electron chi connectivity index (χ4n) is 19.3. The number of carbonyl (C=O) groups is 11. The molecular formula is C102H176N8O12. The fraction of sp³-hybridized carbons (Fsp3) is 0.775. The van der Waals surface area contributed by atoms with Crippen LogP contribution in [0.3, 0.4) is 0 Å². The average Bonchev–Trinajstić information content (AvgIpc) is 0.688. The van der Waals surface area contributed by atoms with E-state index in [1.54, 1.807) is 0 Å². The molecule has 7 atom stereocenters. The highest BCUT2D eigenvalue weighted by Crippen LogP contribution is 2.54. The van der Waals surface area contributed by atoms with Crippen molar-refractivity contribution < 1.29 is 57.8 Å². The molecule has 0 aliphatic rings. The van der Waals surface area contributed by atoms with Gasteiger partial charge in [-0.2, -0.15) is 0 Å². The quantitative estimate of drug-likeness (QED) is 0.0129. The first-order chi connectivity index (χ1) is 58.7. The summed E-state index contributed by atoms with van der Waals surface area (Å²) >= 11 is 0. The molecule has 17 N–H and O–H groups in total. The number of rotatable bonds is 83. The monoisotopic (exact) mass is 1710 g/mol. The zero-order valence-electron chi connectivity index (χ0n) is 78.4. The van der Waals surface area contributed by atoms with Gasteiger partial charge in [0.15, 0.2) is 17.3 Å². The van der Waals surface area contributed by atoms with Crippen molar-refractivity contribution in [3.63, 3.8) is 0 Å². The zero-order valence-corrected chi connectivity index (χ0v) is 78.4. The Labute approximate surface area is 738 Å². The lowest BCUT2D eigenvalue weighted by atomic mass is 9.58. The number of primary amides is 8. The van der Waals surface area contributed by atoms with Crippen LogP contribution < -0.4 is 45.9 Å². The van der Waals surface area contributed by atoms with Crippen molar-refractivity contribution in [1.29, 1.82) is 0 Å². The lowest BCUT2D eigenvalue weighted by molar-refractivity contribution is -0.143.